The molecule has 0 atom stereocenters. The number of hydrogen-bond acceptors (Lipinski definition) is 4. The van der Waals surface area contributed by atoms with Crippen LogP contribution < -0.4 is 5.32 Å². The van der Waals surface area contributed by atoms with Gasteiger partial charge in [0.2, 0.25) is 0 Å². The summed E-state index contributed by atoms with van der Waals surface area (Å²) in [5.41, 5.74) is 2.50. The first-order valence-corrected chi connectivity index (χ1v) is 6.83. The van der Waals surface area contributed by atoms with Crippen molar-refractivity contribution < 1.29 is 4.74 Å². The highest BCUT2D eigenvalue weighted by Crippen LogP contribution is 2.27. The van der Waals surface area contributed by atoms with Crippen molar-refractivity contribution >= 4 is 11.3 Å². The van der Waals surface area contributed by atoms with Crippen molar-refractivity contribution in [2.45, 2.75) is 13.5 Å². The number of nitrogens with zero attached hydrogens (tertiary/aromatic N) is 1. The molecule has 0 radical (unpaired) electrons. The molecule has 0 aliphatic heterocycles. The largest absolute Gasteiger partial charge is 0.383 e. The van der Waals surface area contributed by atoms with Gasteiger partial charge in [0.05, 0.1) is 6.61 Å². The third-order valence-electron chi connectivity index (χ3n) is 2.71. The maximum Gasteiger partial charge on any atom is 0.123 e. The molecular formula is C14H18N2OS. The van der Waals surface area contributed by atoms with Crippen LogP contribution in [-0.2, 0) is 11.3 Å². The Kier molecular flexibility index (Phi) is 4.87. The van der Waals surface area contributed by atoms with Gasteiger partial charge in [0.1, 0.15) is 5.01 Å². The Balaban J connectivity index is 2.00. The van der Waals surface area contributed by atoms with E-state index in [2.05, 4.69) is 41.5 Å². The zero-order valence-corrected chi connectivity index (χ0v) is 11.6. The molecule has 96 valence electrons. The fourth-order valence-electron chi connectivity index (χ4n) is 1.71. The highest BCUT2D eigenvalue weighted by atomic mass is 32.1. The molecule has 0 saturated carbocycles. The predicted molar refractivity (Wildman–Crippen MR) is 75.9 cm³/mol. The minimum atomic E-state index is 0.740. The Morgan fingerprint density at radius 1 is 1.33 bits per heavy atom. The van der Waals surface area contributed by atoms with Gasteiger partial charge < -0.3 is 10.1 Å². The van der Waals surface area contributed by atoms with Gasteiger partial charge in [0.25, 0.3) is 0 Å². The van der Waals surface area contributed by atoms with Gasteiger partial charge in [0.15, 0.2) is 0 Å². The molecule has 3 nitrogen and oxygen atoms in total. The van der Waals surface area contributed by atoms with Crippen LogP contribution in [0.2, 0.25) is 0 Å². The predicted octanol–water partition coefficient (Wildman–Crippen LogP) is 2.85. The molecule has 0 spiro atoms. The van der Waals surface area contributed by atoms with Gasteiger partial charge in [0, 0.05) is 36.8 Å². The fourth-order valence-corrected chi connectivity index (χ4v) is 2.68. The van der Waals surface area contributed by atoms with E-state index in [-0.39, 0.29) is 0 Å². The zero-order chi connectivity index (χ0) is 12.8. The summed E-state index contributed by atoms with van der Waals surface area (Å²) in [7, 11) is 1.71. The summed E-state index contributed by atoms with van der Waals surface area (Å²) in [5, 5.41) is 4.42. The average molecular weight is 262 g/mol. The summed E-state index contributed by atoms with van der Waals surface area (Å²) in [4.78, 5) is 5.75. The van der Waals surface area contributed by atoms with Crippen LogP contribution in [0.25, 0.3) is 10.6 Å². The summed E-state index contributed by atoms with van der Waals surface area (Å²) in [6, 6.07) is 8.35. The molecule has 0 saturated heterocycles. The average Bonchev–Trinajstić information content (AvgIpc) is 2.84. The van der Waals surface area contributed by atoms with E-state index in [0.29, 0.717) is 0 Å². The van der Waals surface area contributed by atoms with Crippen molar-refractivity contribution in [3.63, 3.8) is 0 Å². The molecule has 0 aliphatic carbocycles. The Labute approximate surface area is 112 Å². The molecule has 0 bridgehead atoms. The van der Waals surface area contributed by atoms with Crippen LogP contribution in [0, 0.1) is 6.92 Å². The second-order valence-corrected chi connectivity index (χ2v) is 5.23. The Morgan fingerprint density at radius 2 is 2.17 bits per heavy atom. The van der Waals surface area contributed by atoms with Gasteiger partial charge in [-0.1, -0.05) is 24.3 Å². The number of thiazole rings is 1. The van der Waals surface area contributed by atoms with Crippen molar-refractivity contribution in [1.29, 1.82) is 0 Å². The SMILES string of the molecule is COCCNCc1cnc(-c2ccccc2C)s1. The first-order valence-electron chi connectivity index (χ1n) is 6.01. The number of rotatable bonds is 6. The van der Waals surface area contributed by atoms with Crippen molar-refractivity contribution in [3.8, 4) is 10.6 Å². The minimum absolute atomic E-state index is 0.740. The Morgan fingerprint density at radius 3 is 2.94 bits per heavy atom. The number of hydrogen-bond donors (Lipinski definition) is 1. The summed E-state index contributed by atoms with van der Waals surface area (Å²) < 4.78 is 5.00. The number of nitrogens with one attached hydrogen (secondary N) is 1. The van der Waals surface area contributed by atoms with Crippen LogP contribution in [0.1, 0.15) is 10.4 Å². The number of methoxy groups -OCH3 is 1. The normalized spacial score (nSPS) is 10.8. The minimum Gasteiger partial charge on any atom is -0.383 e. The van der Waals surface area contributed by atoms with Gasteiger partial charge >= 0.3 is 0 Å². The van der Waals surface area contributed by atoms with E-state index < -0.39 is 0 Å². The highest BCUT2D eigenvalue weighted by molar-refractivity contribution is 7.15. The fraction of sp³-hybridized carbons (Fsp3) is 0.357. The lowest BCUT2D eigenvalue weighted by atomic mass is 10.1. The second kappa shape index (κ2) is 6.64. The molecule has 0 unspecified atom stereocenters. The maximum atomic E-state index is 5.00. The molecular weight excluding hydrogens is 244 g/mol. The molecule has 1 aromatic carbocycles. The van der Waals surface area contributed by atoms with Crippen molar-refractivity contribution in [2.75, 3.05) is 20.3 Å². The molecule has 0 aliphatic rings. The summed E-state index contributed by atoms with van der Waals surface area (Å²) in [5.74, 6) is 0. The van der Waals surface area contributed by atoms with E-state index >= 15 is 0 Å². The smallest absolute Gasteiger partial charge is 0.123 e. The molecule has 1 heterocycles. The monoisotopic (exact) mass is 262 g/mol. The molecule has 2 aromatic rings. The first kappa shape index (κ1) is 13.2. The van der Waals surface area contributed by atoms with E-state index in [1.54, 1.807) is 18.4 Å². The maximum absolute atomic E-state index is 5.00. The van der Waals surface area contributed by atoms with Crippen molar-refractivity contribution in [2.24, 2.45) is 0 Å². The third kappa shape index (κ3) is 3.38. The quantitative estimate of drug-likeness (QED) is 0.813. The molecule has 1 N–H and O–H groups in total. The molecule has 0 fully saturated rings. The molecule has 2 rings (SSSR count). The number of aryl methyl sites for hydroxylation is 1. The summed E-state index contributed by atoms with van der Waals surface area (Å²) in [6.07, 6.45) is 1.95. The lowest BCUT2D eigenvalue weighted by molar-refractivity contribution is 0.199. The second-order valence-electron chi connectivity index (χ2n) is 4.12. The zero-order valence-electron chi connectivity index (χ0n) is 10.8. The molecule has 4 heteroatoms. The van der Waals surface area contributed by atoms with Gasteiger partial charge in [-0.2, -0.15) is 0 Å². The van der Waals surface area contributed by atoms with E-state index in [4.69, 9.17) is 4.74 Å². The summed E-state index contributed by atoms with van der Waals surface area (Å²) in [6.45, 7) is 4.58. The number of aromatic nitrogens is 1. The molecule has 0 amide bonds. The van der Waals surface area contributed by atoms with Crippen molar-refractivity contribution in [3.05, 3.63) is 40.9 Å². The van der Waals surface area contributed by atoms with E-state index in [1.807, 2.05) is 6.20 Å². The lowest BCUT2D eigenvalue weighted by Crippen LogP contribution is -2.17. The van der Waals surface area contributed by atoms with Crippen LogP contribution in [0.3, 0.4) is 0 Å². The van der Waals surface area contributed by atoms with E-state index in [0.717, 1.165) is 24.7 Å². The van der Waals surface area contributed by atoms with Gasteiger partial charge in [-0.3, -0.25) is 0 Å². The topological polar surface area (TPSA) is 34.1 Å². The Hall–Kier alpha value is -1.23. The van der Waals surface area contributed by atoms with Gasteiger partial charge in [-0.25, -0.2) is 4.98 Å². The van der Waals surface area contributed by atoms with Crippen LogP contribution in [0.15, 0.2) is 30.5 Å². The molecule has 1 aromatic heterocycles. The Bertz CT molecular complexity index is 496. The van der Waals surface area contributed by atoms with Gasteiger partial charge in [-0.05, 0) is 12.5 Å². The van der Waals surface area contributed by atoms with E-state index in [1.165, 1.54) is 16.0 Å². The van der Waals surface area contributed by atoms with Crippen LogP contribution >= 0.6 is 11.3 Å². The van der Waals surface area contributed by atoms with E-state index in [9.17, 15) is 0 Å². The van der Waals surface area contributed by atoms with Crippen LogP contribution in [-0.4, -0.2) is 25.2 Å². The standard InChI is InChI=1S/C14H18N2OS/c1-11-5-3-4-6-13(11)14-16-10-12(18-14)9-15-7-8-17-2/h3-6,10,15H,7-9H2,1-2H3. The number of ether oxygens (including phenoxy) is 1. The van der Waals surface area contributed by atoms with Crippen LogP contribution in [0.4, 0.5) is 0 Å². The first-order chi connectivity index (χ1) is 8.81. The highest BCUT2D eigenvalue weighted by Gasteiger charge is 2.06. The third-order valence-corrected chi connectivity index (χ3v) is 3.74. The van der Waals surface area contributed by atoms with Crippen molar-refractivity contribution in [1.82, 2.24) is 10.3 Å². The van der Waals surface area contributed by atoms with Crippen LogP contribution in [0.5, 0.6) is 0 Å². The lowest BCUT2D eigenvalue weighted by Gasteiger charge is -2.01. The molecule has 18 heavy (non-hydrogen) atoms. The number of benzene rings is 1. The van der Waals surface area contributed by atoms with Gasteiger partial charge in [-0.15, -0.1) is 11.3 Å². The summed E-state index contributed by atoms with van der Waals surface area (Å²) >= 11 is 1.74.